The maximum Gasteiger partial charge on any atom is 0.255 e. The Morgan fingerprint density at radius 3 is 2.69 bits per heavy atom. The number of ether oxygens (including phenoxy) is 2. The van der Waals surface area contributed by atoms with Crippen molar-refractivity contribution in [2.24, 2.45) is 5.92 Å². The number of hydrogen-bond acceptors (Lipinski definition) is 5. The molecule has 1 atom stereocenters. The number of fused-ring (bicyclic) bond motifs is 1. The number of hydrogen-bond donors (Lipinski definition) is 1. The van der Waals surface area contributed by atoms with Crippen LogP contribution in [0.1, 0.15) is 30.1 Å². The molecule has 32 heavy (non-hydrogen) atoms. The van der Waals surface area contributed by atoms with Gasteiger partial charge in [0.2, 0.25) is 5.88 Å². The molecule has 0 radical (unpaired) electrons. The number of amides is 1. The number of carbonyl (C=O) groups is 1. The molecule has 1 aliphatic rings. The molecule has 1 unspecified atom stereocenters. The predicted octanol–water partition coefficient (Wildman–Crippen LogP) is 5.06. The van der Waals surface area contributed by atoms with Crippen molar-refractivity contribution in [3.63, 3.8) is 0 Å². The molecule has 2 heterocycles. The first kappa shape index (κ1) is 22.5. The molecule has 0 bridgehead atoms. The predicted molar refractivity (Wildman–Crippen MR) is 128 cm³/mol. The molecule has 1 fully saturated rings. The van der Waals surface area contributed by atoms with Crippen molar-refractivity contribution in [2.75, 3.05) is 6.61 Å². The highest BCUT2D eigenvalue weighted by atomic mass is 28.3. The Bertz CT molecular complexity index is 1070. The van der Waals surface area contributed by atoms with E-state index >= 15 is 0 Å². The topological polar surface area (TPSA) is 78.3 Å². The fourth-order valence-corrected chi connectivity index (χ4v) is 4.26. The Hall–Kier alpha value is -2.71. The largest absolute Gasteiger partial charge is 0.437 e. The molecule has 4 rings (SSSR count). The molecule has 3 aromatic rings. The van der Waals surface area contributed by atoms with Crippen LogP contribution in [-0.4, -0.2) is 41.2 Å². The fourth-order valence-electron chi connectivity index (χ4n) is 3.50. The molecule has 0 spiro atoms. The first-order chi connectivity index (χ1) is 15.3. The van der Waals surface area contributed by atoms with E-state index in [0.717, 1.165) is 6.04 Å². The maximum atomic E-state index is 13.1. The summed E-state index contributed by atoms with van der Waals surface area (Å²) < 4.78 is 13.6. The monoisotopic (exact) mass is 452 g/mol. The molecule has 8 heteroatoms. The number of carbonyl (C=O) groups excluding carboxylic acids is 1. The third kappa shape index (κ3) is 5.75. The zero-order chi connectivity index (χ0) is 22.7. The number of para-hydroxylation sites is 1. The van der Waals surface area contributed by atoms with E-state index in [9.17, 15) is 4.79 Å². The van der Waals surface area contributed by atoms with E-state index in [1.54, 1.807) is 12.4 Å². The average Bonchev–Trinajstić information content (AvgIpc) is 3.54. The lowest BCUT2D eigenvalue weighted by atomic mass is 10.2. The van der Waals surface area contributed by atoms with E-state index in [-0.39, 0.29) is 11.9 Å². The summed E-state index contributed by atoms with van der Waals surface area (Å²) in [6.45, 7) is 10.1. The Labute approximate surface area is 190 Å². The van der Waals surface area contributed by atoms with Crippen molar-refractivity contribution in [1.82, 2.24) is 19.9 Å². The zero-order valence-electron chi connectivity index (χ0n) is 19.3. The molecule has 1 N–H and O–H groups in total. The van der Waals surface area contributed by atoms with Crippen LogP contribution >= 0.6 is 0 Å². The summed E-state index contributed by atoms with van der Waals surface area (Å²) in [5, 5.41) is 3.12. The quantitative estimate of drug-likeness (QED) is 0.343. The van der Waals surface area contributed by atoms with Gasteiger partial charge in [-0.05, 0) is 43.9 Å². The Morgan fingerprint density at radius 2 is 2.00 bits per heavy atom. The van der Waals surface area contributed by atoms with Gasteiger partial charge in [0, 0.05) is 26.9 Å². The number of nitrogens with zero attached hydrogens (tertiary/aromatic N) is 3. The van der Waals surface area contributed by atoms with Crippen molar-refractivity contribution >= 4 is 25.1 Å². The third-order valence-electron chi connectivity index (χ3n) is 5.67. The second kappa shape index (κ2) is 9.42. The van der Waals surface area contributed by atoms with E-state index in [1.807, 2.05) is 34.9 Å². The molecule has 1 aromatic carbocycles. The van der Waals surface area contributed by atoms with E-state index < -0.39 is 8.07 Å². The molecule has 7 nitrogen and oxygen atoms in total. The molecule has 0 saturated heterocycles. The van der Waals surface area contributed by atoms with Gasteiger partial charge in [-0.3, -0.25) is 4.79 Å². The van der Waals surface area contributed by atoms with Gasteiger partial charge in [0.1, 0.15) is 18.0 Å². The number of rotatable bonds is 10. The lowest BCUT2D eigenvalue weighted by molar-refractivity contribution is 0.0889. The highest BCUT2D eigenvalue weighted by Crippen LogP contribution is 2.32. The highest BCUT2D eigenvalue weighted by molar-refractivity contribution is 6.76. The Balaban J connectivity index is 1.58. The summed E-state index contributed by atoms with van der Waals surface area (Å²) in [5.41, 5.74) is 1.63. The van der Waals surface area contributed by atoms with Crippen LogP contribution in [0.25, 0.3) is 11.2 Å². The van der Waals surface area contributed by atoms with Crippen LogP contribution in [-0.2, 0) is 11.5 Å². The van der Waals surface area contributed by atoms with Crippen LogP contribution in [0.15, 0.2) is 42.7 Å². The molecular formula is C24H32N4O3Si. The van der Waals surface area contributed by atoms with Gasteiger partial charge in [-0.25, -0.2) is 9.97 Å². The molecule has 2 aromatic heterocycles. The maximum absolute atomic E-state index is 13.1. The highest BCUT2D eigenvalue weighted by Gasteiger charge is 2.30. The summed E-state index contributed by atoms with van der Waals surface area (Å²) in [5.74, 6) is 1.45. The summed E-state index contributed by atoms with van der Waals surface area (Å²) in [6, 6.07) is 10.7. The van der Waals surface area contributed by atoms with Crippen molar-refractivity contribution in [2.45, 2.75) is 58.2 Å². The van der Waals surface area contributed by atoms with Crippen molar-refractivity contribution in [1.29, 1.82) is 0 Å². The Morgan fingerprint density at radius 1 is 1.25 bits per heavy atom. The number of nitrogens with one attached hydrogen (secondary N) is 1. The van der Waals surface area contributed by atoms with Gasteiger partial charge in [0.15, 0.2) is 5.65 Å². The van der Waals surface area contributed by atoms with Gasteiger partial charge in [-0.15, -0.1) is 0 Å². The fraction of sp³-hybridized carbons (Fsp3) is 0.458. The van der Waals surface area contributed by atoms with Crippen LogP contribution in [0.3, 0.4) is 0 Å². The van der Waals surface area contributed by atoms with E-state index in [0.29, 0.717) is 47.6 Å². The summed E-state index contributed by atoms with van der Waals surface area (Å²) in [7, 11) is -1.17. The van der Waals surface area contributed by atoms with Gasteiger partial charge in [0.05, 0.1) is 11.8 Å². The van der Waals surface area contributed by atoms with Crippen LogP contribution in [0.5, 0.6) is 11.6 Å². The lowest BCUT2D eigenvalue weighted by Crippen LogP contribution is -2.33. The minimum absolute atomic E-state index is 0.138. The molecule has 0 aliphatic heterocycles. The van der Waals surface area contributed by atoms with Crippen molar-refractivity contribution in [3.8, 4) is 11.6 Å². The van der Waals surface area contributed by atoms with Gasteiger partial charge < -0.3 is 19.4 Å². The van der Waals surface area contributed by atoms with Crippen LogP contribution < -0.4 is 10.1 Å². The summed E-state index contributed by atoms with van der Waals surface area (Å²) >= 11 is 0. The third-order valence-corrected chi connectivity index (χ3v) is 7.37. The zero-order valence-corrected chi connectivity index (χ0v) is 20.3. The minimum atomic E-state index is -1.17. The molecule has 1 aliphatic carbocycles. The van der Waals surface area contributed by atoms with Crippen LogP contribution in [0.2, 0.25) is 25.7 Å². The lowest BCUT2D eigenvalue weighted by Gasteiger charge is -2.15. The van der Waals surface area contributed by atoms with Crippen molar-refractivity contribution in [3.05, 3.63) is 48.3 Å². The van der Waals surface area contributed by atoms with E-state index in [2.05, 4.69) is 41.8 Å². The van der Waals surface area contributed by atoms with Gasteiger partial charge in [0.25, 0.3) is 5.91 Å². The average molecular weight is 453 g/mol. The standard InChI is InChI=1S/C24H32N4O3Si/c1-17(18-10-11-18)26-24(29)20-15-28(16-30-12-13-32(2,3)4)23-22(20)27-21(14-25-23)31-19-8-6-5-7-9-19/h5-9,14-15,17-18H,10-13,16H2,1-4H3,(H,26,29). The van der Waals surface area contributed by atoms with Gasteiger partial charge in [-0.1, -0.05) is 37.8 Å². The molecule has 1 saturated carbocycles. The SMILES string of the molecule is CC(NC(=O)c1cn(COCC[Si](C)(C)C)c2ncc(Oc3ccccc3)nc12)C1CC1. The normalized spacial score (nSPS) is 15.0. The second-order valence-corrected chi connectivity index (χ2v) is 15.4. The van der Waals surface area contributed by atoms with E-state index in [4.69, 9.17) is 9.47 Å². The van der Waals surface area contributed by atoms with Gasteiger partial charge in [-0.2, -0.15) is 0 Å². The molecular weight excluding hydrogens is 420 g/mol. The number of benzene rings is 1. The first-order valence-electron chi connectivity index (χ1n) is 11.3. The molecule has 170 valence electrons. The van der Waals surface area contributed by atoms with Crippen LogP contribution in [0, 0.1) is 5.92 Å². The smallest absolute Gasteiger partial charge is 0.255 e. The summed E-state index contributed by atoms with van der Waals surface area (Å²) in [4.78, 5) is 22.3. The van der Waals surface area contributed by atoms with Crippen molar-refractivity contribution < 1.29 is 14.3 Å². The second-order valence-electron chi connectivity index (χ2n) is 9.76. The van der Waals surface area contributed by atoms with Crippen LogP contribution in [0.4, 0.5) is 0 Å². The summed E-state index contributed by atoms with van der Waals surface area (Å²) in [6.07, 6.45) is 5.72. The number of aromatic nitrogens is 3. The van der Waals surface area contributed by atoms with Gasteiger partial charge >= 0.3 is 0 Å². The minimum Gasteiger partial charge on any atom is -0.437 e. The van der Waals surface area contributed by atoms with E-state index in [1.165, 1.54) is 12.8 Å². The Kier molecular flexibility index (Phi) is 6.62. The molecule has 1 amide bonds. The first-order valence-corrected chi connectivity index (χ1v) is 15.0.